The number of aliphatic hydroxyl groups excluding tert-OH is 1. The zero-order valence-corrected chi connectivity index (χ0v) is 12.7. The van der Waals surface area contributed by atoms with Gasteiger partial charge < -0.3 is 5.11 Å². The molecule has 0 bridgehead atoms. The van der Waals surface area contributed by atoms with Crippen LogP contribution < -0.4 is 5.56 Å². The third-order valence-electron chi connectivity index (χ3n) is 3.29. The molecule has 0 aliphatic heterocycles. The molecule has 3 aromatic rings. The highest BCUT2D eigenvalue weighted by Gasteiger charge is 2.12. The monoisotopic (exact) mass is 344 g/mol. The van der Waals surface area contributed by atoms with Gasteiger partial charge >= 0.3 is 0 Å². The Morgan fingerprint density at radius 2 is 1.81 bits per heavy atom. The highest BCUT2D eigenvalue weighted by atomic mass is 79.9. The van der Waals surface area contributed by atoms with Crippen LogP contribution in [0.2, 0.25) is 0 Å². The number of rotatable bonds is 3. The number of nitrogens with zero attached hydrogens (tertiary/aromatic N) is 2. The van der Waals surface area contributed by atoms with E-state index >= 15 is 0 Å². The van der Waals surface area contributed by atoms with Gasteiger partial charge in [-0.25, -0.2) is 4.98 Å². The average molecular weight is 345 g/mol. The number of benzene rings is 2. The first-order valence-corrected chi connectivity index (χ1v) is 7.36. The maximum absolute atomic E-state index is 12.6. The molecule has 1 heterocycles. The normalized spacial score (nSPS) is 11.0. The molecule has 106 valence electrons. The van der Waals surface area contributed by atoms with Crippen molar-refractivity contribution >= 4 is 26.8 Å². The van der Waals surface area contributed by atoms with Crippen molar-refractivity contribution in [2.75, 3.05) is 6.61 Å². The van der Waals surface area contributed by atoms with Gasteiger partial charge in [0.1, 0.15) is 5.82 Å². The van der Waals surface area contributed by atoms with E-state index < -0.39 is 0 Å². The van der Waals surface area contributed by atoms with Crippen LogP contribution in [0.1, 0.15) is 0 Å². The van der Waals surface area contributed by atoms with Gasteiger partial charge in [0.05, 0.1) is 24.1 Å². The second-order valence-electron chi connectivity index (χ2n) is 4.64. The lowest BCUT2D eigenvalue weighted by atomic mass is 10.2. The van der Waals surface area contributed by atoms with Crippen molar-refractivity contribution in [2.24, 2.45) is 0 Å². The number of fused-ring (bicyclic) bond motifs is 1. The first-order chi connectivity index (χ1) is 10.2. The van der Waals surface area contributed by atoms with E-state index in [1.807, 2.05) is 42.5 Å². The molecule has 0 spiro atoms. The summed E-state index contributed by atoms with van der Waals surface area (Å²) in [7, 11) is 0. The maximum Gasteiger partial charge on any atom is 0.261 e. The third kappa shape index (κ3) is 2.62. The second-order valence-corrected chi connectivity index (χ2v) is 5.56. The molecule has 0 aliphatic carbocycles. The Kier molecular flexibility index (Phi) is 3.86. The number of aliphatic hydroxyl groups is 1. The lowest BCUT2D eigenvalue weighted by Gasteiger charge is -2.12. The Labute approximate surface area is 129 Å². The van der Waals surface area contributed by atoms with Gasteiger partial charge in [-0.2, -0.15) is 0 Å². The lowest BCUT2D eigenvalue weighted by molar-refractivity contribution is 0.274. The maximum atomic E-state index is 12.6. The van der Waals surface area contributed by atoms with E-state index in [1.54, 1.807) is 6.07 Å². The molecular formula is C16H13BrN2O2. The van der Waals surface area contributed by atoms with Crippen molar-refractivity contribution in [3.8, 4) is 11.4 Å². The van der Waals surface area contributed by atoms with Crippen LogP contribution in [0.15, 0.2) is 57.8 Å². The zero-order chi connectivity index (χ0) is 14.8. The Bertz CT molecular complexity index is 841. The second kappa shape index (κ2) is 5.79. The lowest BCUT2D eigenvalue weighted by Crippen LogP contribution is -2.25. The van der Waals surface area contributed by atoms with Crippen molar-refractivity contribution in [1.82, 2.24) is 9.55 Å². The number of para-hydroxylation sites is 1. The molecule has 0 fully saturated rings. The molecule has 0 aliphatic rings. The molecule has 0 radical (unpaired) electrons. The molecule has 21 heavy (non-hydrogen) atoms. The van der Waals surface area contributed by atoms with E-state index in [4.69, 9.17) is 0 Å². The van der Waals surface area contributed by atoms with Crippen LogP contribution in [0.5, 0.6) is 0 Å². The number of hydrogen-bond acceptors (Lipinski definition) is 3. The Hall–Kier alpha value is -1.98. The van der Waals surface area contributed by atoms with Gasteiger partial charge in [0.2, 0.25) is 0 Å². The van der Waals surface area contributed by atoms with Gasteiger partial charge in [0.25, 0.3) is 5.56 Å². The summed E-state index contributed by atoms with van der Waals surface area (Å²) in [4.78, 5) is 17.2. The van der Waals surface area contributed by atoms with Crippen molar-refractivity contribution in [3.05, 3.63) is 63.4 Å². The molecule has 0 saturated heterocycles. The first-order valence-electron chi connectivity index (χ1n) is 6.57. The Balaban J connectivity index is 2.32. The van der Waals surface area contributed by atoms with E-state index in [2.05, 4.69) is 20.9 Å². The molecule has 4 nitrogen and oxygen atoms in total. The standard InChI is InChI=1S/C16H13BrN2O2/c17-12-7-5-11(6-8-12)15-18-14-4-2-1-3-13(14)16(21)19(15)9-10-20/h1-8,20H,9-10H2. The Morgan fingerprint density at radius 3 is 2.52 bits per heavy atom. The number of hydrogen-bond donors (Lipinski definition) is 1. The summed E-state index contributed by atoms with van der Waals surface area (Å²) in [6, 6.07) is 14.8. The summed E-state index contributed by atoms with van der Waals surface area (Å²) in [6.07, 6.45) is 0. The summed E-state index contributed by atoms with van der Waals surface area (Å²) >= 11 is 3.39. The minimum Gasteiger partial charge on any atom is -0.395 e. The SMILES string of the molecule is O=c1c2ccccc2nc(-c2ccc(Br)cc2)n1CCO. The van der Waals surface area contributed by atoms with Gasteiger partial charge in [-0.15, -0.1) is 0 Å². The fraction of sp³-hybridized carbons (Fsp3) is 0.125. The minimum atomic E-state index is -0.132. The van der Waals surface area contributed by atoms with Crippen LogP contribution in [-0.4, -0.2) is 21.3 Å². The summed E-state index contributed by atoms with van der Waals surface area (Å²) in [5.41, 5.74) is 1.37. The van der Waals surface area contributed by atoms with Gasteiger partial charge in [-0.05, 0) is 24.3 Å². The van der Waals surface area contributed by atoms with E-state index in [0.717, 1.165) is 10.0 Å². The van der Waals surface area contributed by atoms with Gasteiger partial charge in [-0.1, -0.05) is 40.2 Å². The van der Waals surface area contributed by atoms with Gasteiger partial charge in [-0.3, -0.25) is 9.36 Å². The van der Waals surface area contributed by atoms with E-state index in [1.165, 1.54) is 4.57 Å². The van der Waals surface area contributed by atoms with E-state index in [0.29, 0.717) is 16.7 Å². The van der Waals surface area contributed by atoms with Crippen LogP contribution in [0.25, 0.3) is 22.3 Å². The first kappa shape index (κ1) is 14.0. The predicted octanol–water partition coefficient (Wildman–Crippen LogP) is 2.82. The number of aromatic nitrogens is 2. The van der Waals surface area contributed by atoms with Crippen LogP contribution in [-0.2, 0) is 6.54 Å². The quantitative estimate of drug-likeness (QED) is 0.794. The van der Waals surface area contributed by atoms with Crippen LogP contribution in [0.4, 0.5) is 0 Å². The molecule has 0 unspecified atom stereocenters. The summed E-state index contributed by atoms with van der Waals surface area (Å²) in [5.74, 6) is 0.570. The molecule has 0 amide bonds. The van der Waals surface area contributed by atoms with Crippen molar-refractivity contribution in [3.63, 3.8) is 0 Å². The molecule has 1 aromatic heterocycles. The molecule has 2 aromatic carbocycles. The van der Waals surface area contributed by atoms with E-state index in [9.17, 15) is 9.90 Å². The van der Waals surface area contributed by atoms with E-state index in [-0.39, 0.29) is 18.7 Å². The third-order valence-corrected chi connectivity index (χ3v) is 3.82. The van der Waals surface area contributed by atoms with Crippen molar-refractivity contribution < 1.29 is 5.11 Å². The van der Waals surface area contributed by atoms with Crippen LogP contribution >= 0.6 is 15.9 Å². The van der Waals surface area contributed by atoms with Gasteiger partial charge in [0.15, 0.2) is 0 Å². The number of halogens is 1. The summed E-state index contributed by atoms with van der Waals surface area (Å²) in [6.45, 7) is 0.117. The molecule has 3 rings (SSSR count). The molecular weight excluding hydrogens is 332 g/mol. The largest absolute Gasteiger partial charge is 0.395 e. The molecule has 0 saturated carbocycles. The predicted molar refractivity (Wildman–Crippen MR) is 86.2 cm³/mol. The molecule has 5 heteroatoms. The summed E-state index contributed by atoms with van der Waals surface area (Å²) < 4.78 is 2.48. The molecule has 1 N–H and O–H groups in total. The highest BCUT2D eigenvalue weighted by Crippen LogP contribution is 2.21. The Morgan fingerprint density at radius 1 is 1.10 bits per heavy atom. The fourth-order valence-corrected chi connectivity index (χ4v) is 2.56. The summed E-state index contributed by atoms with van der Waals surface area (Å²) in [5, 5.41) is 9.80. The average Bonchev–Trinajstić information content (AvgIpc) is 2.51. The smallest absolute Gasteiger partial charge is 0.261 e. The van der Waals surface area contributed by atoms with Crippen molar-refractivity contribution in [1.29, 1.82) is 0 Å². The molecule has 0 atom stereocenters. The fourth-order valence-electron chi connectivity index (χ4n) is 2.29. The van der Waals surface area contributed by atoms with Gasteiger partial charge in [0, 0.05) is 10.0 Å². The highest BCUT2D eigenvalue weighted by molar-refractivity contribution is 9.10. The van der Waals surface area contributed by atoms with Crippen LogP contribution in [0.3, 0.4) is 0 Å². The van der Waals surface area contributed by atoms with Crippen LogP contribution in [0, 0.1) is 0 Å². The van der Waals surface area contributed by atoms with Crippen molar-refractivity contribution in [2.45, 2.75) is 6.54 Å². The topological polar surface area (TPSA) is 55.1 Å². The zero-order valence-electron chi connectivity index (χ0n) is 11.2. The minimum absolute atomic E-state index is 0.108.